The van der Waals surface area contributed by atoms with Gasteiger partial charge in [-0.2, -0.15) is 0 Å². The molecule has 210 valence electrons. The van der Waals surface area contributed by atoms with Gasteiger partial charge in [-0.05, 0) is 68.0 Å². The molecule has 2 saturated heterocycles. The number of methoxy groups -OCH3 is 1. The van der Waals surface area contributed by atoms with Crippen molar-refractivity contribution < 1.29 is 44.2 Å². The van der Waals surface area contributed by atoms with Crippen LogP contribution in [-0.2, 0) is 22.5 Å². The van der Waals surface area contributed by atoms with Gasteiger partial charge in [-0.1, -0.05) is 30.3 Å². The third kappa shape index (κ3) is 5.80. The number of carboxylic acid groups (broad SMARTS) is 1. The number of aliphatic hydroxyl groups excluding tert-OH is 3. The van der Waals surface area contributed by atoms with Crippen molar-refractivity contribution in [3.05, 3.63) is 59.2 Å². The molecule has 0 saturated carbocycles. The van der Waals surface area contributed by atoms with Crippen LogP contribution in [0.2, 0.25) is 0 Å². The van der Waals surface area contributed by atoms with Crippen LogP contribution in [0.15, 0.2) is 42.5 Å². The number of carboxylic acids is 1. The molecule has 5 rings (SSSR count). The van der Waals surface area contributed by atoms with E-state index < -0.39 is 36.7 Å². The number of benzene rings is 2. The van der Waals surface area contributed by atoms with Crippen molar-refractivity contribution in [3.63, 3.8) is 0 Å². The Morgan fingerprint density at radius 3 is 2.41 bits per heavy atom. The molecule has 6 atom stereocenters. The molecule has 10 heteroatoms. The molecule has 0 unspecified atom stereocenters. The predicted octanol–water partition coefficient (Wildman–Crippen LogP) is 1.62. The quantitative estimate of drug-likeness (QED) is 0.389. The van der Waals surface area contributed by atoms with Gasteiger partial charge in [0.25, 0.3) is 0 Å². The summed E-state index contributed by atoms with van der Waals surface area (Å²) >= 11 is 0. The summed E-state index contributed by atoms with van der Waals surface area (Å²) in [5.41, 5.74) is 2.65. The number of fused-ring (bicyclic) bond motifs is 1. The number of carbonyl (C=O) groups is 2. The lowest BCUT2D eigenvalue weighted by atomic mass is 9.85. The van der Waals surface area contributed by atoms with Gasteiger partial charge in [0.2, 0.25) is 6.29 Å². The SMILES string of the molecule is COc1cc2c(cc1O[C@@H]1O[C@H](C(=O)O)[C@@H](O)[C@H](O)[C@@H]1O)C(=O)[C@H](CC1CCN(Cc3ccccc3)CC1)C2. The second-order valence-corrected chi connectivity index (χ2v) is 10.7. The minimum absolute atomic E-state index is 0.0215. The summed E-state index contributed by atoms with van der Waals surface area (Å²) < 4.78 is 16.4. The summed E-state index contributed by atoms with van der Waals surface area (Å²) in [6.07, 6.45) is -5.24. The second kappa shape index (κ2) is 11.6. The maximum Gasteiger partial charge on any atom is 0.335 e. The van der Waals surface area contributed by atoms with E-state index >= 15 is 0 Å². The van der Waals surface area contributed by atoms with E-state index in [0.717, 1.165) is 44.5 Å². The Morgan fingerprint density at radius 1 is 1.03 bits per heavy atom. The first-order valence-corrected chi connectivity index (χ1v) is 13.4. The largest absolute Gasteiger partial charge is 0.493 e. The minimum atomic E-state index is -1.83. The van der Waals surface area contributed by atoms with E-state index in [1.54, 1.807) is 6.07 Å². The van der Waals surface area contributed by atoms with Crippen LogP contribution in [0.3, 0.4) is 0 Å². The molecule has 3 aliphatic rings. The van der Waals surface area contributed by atoms with Crippen LogP contribution in [0, 0.1) is 11.8 Å². The Labute approximate surface area is 226 Å². The summed E-state index contributed by atoms with van der Waals surface area (Å²) in [6, 6.07) is 13.7. The zero-order chi connectivity index (χ0) is 27.7. The molecule has 2 aliphatic heterocycles. The Kier molecular flexibility index (Phi) is 8.20. The van der Waals surface area contributed by atoms with Gasteiger partial charge in [-0.15, -0.1) is 0 Å². The van der Waals surface area contributed by atoms with Crippen LogP contribution in [0.1, 0.15) is 40.7 Å². The summed E-state index contributed by atoms with van der Waals surface area (Å²) in [7, 11) is 1.43. The lowest BCUT2D eigenvalue weighted by Crippen LogP contribution is -2.61. The Hall–Kier alpha value is -3.02. The number of aliphatic hydroxyl groups is 3. The van der Waals surface area contributed by atoms with Crippen molar-refractivity contribution in [1.82, 2.24) is 4.90 Å². The number of ether oxygens (including phenoxy) is 3. The van der Waals surface area contributed by atoms with E-state index in [9.17, 15) is 30.0 Å². The van der Waals surface area contributed by atoms with E-state index in [0.29, 0.717) is 23.7 Å². The number of piperidine rings is 1. The number of carbonyl (C=O) groups excluding carboxylic acids is 1. The molecule has 1 aliphatic carbocycles. The van der Waals surface area contributed by atoms with Crippen LogP contribution < -0.4 is 9.47 Å². The molecular formula is C29H35NO9. The molecule has 39 heavy (non-hydrogen) atoms. The molecule has 10 nitrogen and oxygen atoms in total. The van der Waals surface area contributed by atoms with E-state index in [1.165, 1.54) is 18.7 Å². The van der Waals surface area contributed by atoms with Crippen LogP contribution in [0.4, 0.5) is 0 Å². The average Bonchev–Trinajstić information content (AvgIpc) is 3.23. The van der Waals surface area contributed by atoms with Crippen molar-refractivity contribution in [3.8, 4) is 11.5 Å². The monoisotopic (exact) mass is 541 g/mol. The molecule has 4 N–H and O–H groups in total. The number of hydrogen-bond donors (Lipinski definition) is 4. The predicted molar refractivity (Wildman–Crippen MR) is 139 cm³/mol. The molecule has 2 heterocycles. The highest BCUT2D eigenvalue weighted by Crippen LogP contribution is 2.41. The molecule has 0 bridgehead atoms. The molecular weight excluding hydrogens is 506 g/mol. The van der Waals surface area contributed by atoms with Crippen LogP contribution >= 0.6 is 0 Å². The van der Waals surface area contributed by atoms with Crippen molar-refractivity contribution in [2.75, 3.05) is 20.2 Å². The zero-order valence-electron chi connectivity index (χ0n) is 21.8. The topological polar surface area (TPSA) is 146 Å². The summed E-state index contributed by atoms with van der Waals surface area (Å²) in [4.78, 5) is 27.3. The minimum Gasteiger partial charge on any atom is -0.493 e. The standard InChI is InChI=1S/C29H35NO9/c1-37-21-13-18-12-19(11-16-7-9-30(10-8-16)15-17-5-3-2-4-6-17)23(31)20(18)14-22(21)38-29-26(34)24(32)25(33)27(39-29)28(35)36/h2-6,13-14,16,19,24-27,29,32-34H,7-12,15H2,1H3,(H,35,36)/t19-,24+,25+,26+,27+,29-/m1/s1. The van der Waals surface area contributed by atoms with Gasteiger partial charge in [-0.3, -0.25) is 9.69 Å². The van der Waals surface area contributed by atoms with Crippen molar-refractivity contribution in [2.24, 2.45) is 11.8 Å². The van der Waals surface area contributed by atoms with Gasteiger partial charge < -0.3 is 34.6 Å². The highest BCUT2D eigenvalue weighted by Gasteiger charge is 2.48. The molecule has 0 radical (unpaired) electrons. The van der Waals surface area contributed by atoms with E-state index in [1.807, 2.05) is 6.07 Å². The first kappa shape index (κ1) is 27.5. The van der Waals surface area contributed by atoms with Crippen molar-refractivity contribution in [1.29, 1.82) is 0 Å². The number of hydrogen-bond acceptors (Lipinski definition) is 9. The molecule has 0 amide bonds. The summed E-state index contributed by atoms with van der Waals surface area (Å²) in [5, 5.41) is 39.7. The number of Topliss-reactive ketones (excluding diaryl/α,β-unsaturated/α-hetero) is 1. The Morgan fingerprint density at radius 2 is 1.74 bits per heavy atom. The summed E-state index contributed by atoms with van der Waals surface area (Å²) in [5.74, 6) is -0.795. The van der Waals surface area contributed by atoms with Gasteiger partial charge in [0, 0.05) is 18.0 Å². The van der Waals surface area contributed by atoms with Gasteiger partial charge in [-0.25, -0.2) is 4.79 Å². The zero-order valence-corrected chi connectivity index (χ0v) is 21.8. The Balaban J connectivity index is 1.23. The molecule has 0 spiro atoms. The number of aliphatic carboxylic acids is 1. The fourth-order valence-corrected chi connectivity index (χ4v) is 5.92. The normalized spacial score (nSPS) is 29.7. The third-order valence-corrected chi connectivity index (χ3v) is 8.12. The average molecular weight is 542 g/mol. The maximum absolute atomic E-state index is 13.4. The van der Waals surface area contributed by atoms with Crippen molar-refractivity contribution >= 4 is 11.8 Å². The van der Waals surface area contributed by atoms with E-state index in [2.05, 4.69) is 29.2 Å². The molecule has 2 aromatic carbocycles. The first-order valence-electron chi connectivity index (χ1n) is 13.4. The first-order chi connectivity index (χ1) is 18.7. The number of nitrogens with zero attached hydrogens (tertiary/aromatic N) is 1. The fourth-order valence-electron chi connectivity index (χ4n) is 5.92. The van der Waals surface area contributed by atoms with Gasteiger partial charge in [0.1, 0.15) is 18.3 Å². The van der Waals surface area contributed by atoms with Gasteiger partial charge in [0.15, 0.2) is 23.4 Å². The Bertz CT molecular complexity index is 1180. The second-order valence-electron chi connectivity index (χ2n) is 10.7. The summed E-state index contributed by atoms with van der Waals surface area (Å²) in [6.45, 7) is 2.94. The lowest BCUT2D eigenvalue weighted by molar-refractivity contribution is -0.271. The van der Waals surface area contributed by atoms with Crippen molar-refractivity contribution in [2.45, 2.75) is 62.9 Å². The van der Waals surface area contributed by atoms with Gasteiger partial charge in [0.05, 0.1) is 7.11 Å². The molecule has 2 fully saturated rings. The number of likely N-dealkylation sites (tertiary alicyclic amines) is 1. The van der Waals surface area contributed by atoms with Crippen LogP contribution in [0.25, 0.3) is 0 Å². The number of ketones is 1. The maximum atomic E-state index is 13.4. The fraction of sp³-hybridized carbons (Fsp3) is 0.517. The van der Waals surface area contributed by atoms with Crippen LogP contribution in [0.5, 0.6) is 11.5 Å². The van der Waals surface area contributed by atoms with E-state index in [-0.39, 0.29) is 17.5 Å². The lowest BCUT2D eigenvalue weighted by Gasteiger charge is -2.38. The van der Waals surface area contributed by atoms with Gasteiger partial charge >= 0.3 is 5.97 Å². The highest BCUT2D eigenvalue weighted by atomic mass is 16.7. The van der Waals surface area contributed by atoms with Crippen LogP contribution in [-0.4, -0.2) is 88.0 Å². The third-order valence-electron chi connectivity index (χ3n) is 8.12. The number of rotatable bonds is 8. The highest BCUT2D eigenvalue weighted by molar-refractivity contribution is 6.02. The van der Waals surface area contributed by atoms with E-state index in [4.69, 9.17) is 14.2 Å². The molecule has 2 aromatic rings. The smallest absolute Gasteiger partial charge is 0.335 e. The molecule has 0 aromatic heterocycles.